The fraction of sp³-hybridized carbons (Fsp3) is 0.756. The minimum atomic E-state index is -0.844. The molecule has 272 valence electrons. The first-order valence-corrected chi connectivity index (χ1v) is 19.2. The Labute approximate surface area is 289 Å². The summed E-state index contributed by atoms with van der Waals surface area (Å²) in [5.41, 5.74) is 0. The Hall–Kier alpha value is -2.18. The Morgan fingerprint density at radius 3 is 1.83 bits per heavy atom. The summed E-state index contributed by atoms with van der Waals surface area (Å²) in [5, 5.41) is 19.7. The van der Waals surface area contributed by atoms with Crippen LogP contribution in [0, 0.1) is 5.92 Å². The topological polar surface area (TPSA) is 93.1 Å². The maximum Gasteiger partial charge on any atom is 0.306 e. The van der Waals surface area contributed by atoms with Gasteiger partial charge in [0.05, 0.1) is 12.7 Å². The fourth-order valence-electron chi connectivity index (χ4n) is 5.19. The van der Waals surface area contributed by atoms with Crippen molar-refractivity contribution in [2.45, 2.75) is 181 Å². The van der Waals surface area contributed by atoms with E-state index in [1.54, 1.807) is 6.08 Å². The molecule has 0 bridgehead atoms. The van der Waals surface area contributed by atoms with Crippen molar-refractivity contribution in [2.24, 2.45) is 5.92 Å². The van der Waals surface area contributed by atoms with Crippen LogP contribution in [0.2, 0.25) is 0 Å². The predicted octanol–water partition coefficient (Wildman–Crippen LogP) is 10.7. The van der Waals surface area contributed by atoms with Gasteiger partial charge >= 0.3 is 11.9 Å². The lowest BCUT2D eigenvalue weighted by molar-refractivity contribution is -0.161. The van der Waals surface area contributed by atoms with Gasteiger partial charge in [-0.1, -0.05) is 159 Å². The molecule has 2 atom stereocenters. The SMILES string of the molecule is CCCCC/C=C\C/C=C\C/C=C\C=C\[C@@H](O)CCCC(=O)OC[C@H](CO)OC(=O)CCCCCCCCCCCCCCC(C)C. The van der Waals surface area contributed by atoms with Gasteiger partial charge in [-0.3, -0.25) is 9.59 Å². The highest BCUT2D eigenvalue weighted by molar-refractivity contribution is 5.70. The number of aliphatic hydroxyl groups is 2. The first-order valence-electron chi connectivity index (χ1n) is 19.2. The average Bonchev–Trinajstić information content (AvgIpc) is 3.05. The summed E-state index contributed by atoms with van der Waals surface area (Å²) < 4.78 is 10.5. The molecule has 0 aromatic carbocycles. The van der Waals surface area contributed by atoms with Crippen molar-refractivity contribution in [3.05, 3.63) is 48.6 Å². The third-order valence-corrected chi connectivity index (χ3v) is 8.16. The molecular weight excluding hydrogens is 588 g/mol. The van der Waals surface area contributed by atoms with Crippen molar-refractivity contribution in [1.82, 2.24) is 0 Å². The highest BCUT2D eigenvalue weighted by Crippen LogP contribution is 2.15. The van der Waals surface area contributed by atoms with Crippen LogP contribution in [0.3, 0.4) is 0 Å². The summed E-state index contributed by atoms with van der Waals surface area (Å²) in [6.45, 7) is 6.27. The van der Waals surface area contributed by atoms with E-state index in [0.29, 0.717) is 19.3 Å². The number of aliphatic hydroxyl groups excluding tert-OH is 2. The maximum atomic E-state index is 12.2. The van der Waals surface area contributed by atoms with Crippen LogP contribution in [0.5, 0.6) is 0 Å². The predicted molar refractivity (Wildman–Crippen MR) is 197 cm³/mol. The van der Waals surface area contributed by atoms with Crippen molar-refractivity contribution < 1.29 is 29.3 Å². The molecule has 0 aliphatic carbocycles. The van der Waals surface area contributed by atoms with E-state index in [1.807, 2.05) is 18.2 Å². The van der Waals surface area contributed by atoms with Crippen LogP contribution in [0.25, 0.3) is 0 Å². The molecular formula is C41H72O6. The number of hydrogen-bond donors (Lipinski definition) is 2. The van der Waals surface area contributed by atoms with Gasteiger partial charge in [0.2, 0.25) is 0 Å². The molecule has 0 heterocycles. The lowest BCUT2D eigenvalue weighted by Crippen LogP contribution is -2.28. The van der Waals surface area contributed by atoms with E-state index in [-0.39, 0.29) is 25.6 Å². The molecule has 0 aromatic rings. The third-order valence-electron chi connectivity index (χ3n) is 8.16. The Balaban J connectivity index is 3.77. The normalized spacial score (nSPS) is 13.5. The zero-order valence-electron chi connectivity index (χ0n) is 30.6. The molecule has 0 amide bonds. The van der Waals surface area contributed by atoms with Crippen molar-refractivity contribution in [2.75, 3.05) is 13.2 Å². The molecule has 6 nitrogen and oxygen atoms in total. The number of unbranched alkanes of at least 4 members (excludes halogenated alkanes) is 14. The molecule has 0 rings (SSSR count). The van der Waals surface area contributed by atoms with Gasteiger partial charge in [-0.25, -0.2) is 0 Å². The number of esters is 2. The van der Waals surface area contributed by atoms with E-state index in [0.717, 1.165) is 44.4 Å². The summed E-state index contributed by atoms with van der Waals surface area (Å²) in [5.74, 6) is 0.0363. The van der Waals surface area contributed by atoms with Gasteiger partial charge in [-0.2, -0.15) is 0 Å². The highest BCUT2D eigenvalue weighted by Gasteiger charge is 2.16. The molecule has 0 fully saturated rings. The second-order valence-corrected chi connectivity index (χ2v) is 13.3. The molecule has 0 unspecified atom stereocenters. The quantitative estimate of drug-likeness (QED) is 0.0315. The fourth-order valence-corrected chi connectivity index (χ4v) is 5.19. The first kappa shape index (κ1) is 44.8. The van der Waals surface area contributed by atoms with Gasteiger partial charge in [0, 0.05) is 12.8 Å². The van der Waals surface area contributed by atoms with E-state index in [9.17, 15) is 19.8 Å². The lowest BCUT2D eigenvalue weighted by atomic mass is 10.0. The Kier molecular flexibility index (Phi) is 33.5. The van der Waals surface area contributed by atoms with Crippen LogP contribution >= 0.6 is 0 Å². The van der Waals surface area contributed by atoms with Gasteiger partial charge in [-0.15, -0.1) is 0 Å². The number of allylic oxidation sites excluding steroid dienone is 7. The average molecular weight is 661 g/mol. The number of carbonyl (C=O) groups is 2. The summed E-state index contributed by atoms with van der Waals surface area (Å²) >= 11 is 0. The van der Waals surface area contributed by atoms with Crippen molar-refractivity contribution >= 4 is 11.9 Å². The molecule has 0 aliphatic rings. The van der Waals surface area contributed by atoms with Crippen molar-refractivity contribution in [3.8, 4) is 0 Å². The summed E-state index contributed by atoms with van der Waals surface area (Å²) in [4.78, 5) is 24.2. The Morgan fingerprint density at radius 1 is 0.638 bits per heavy atom. The minimum Gasteiger partial charge on any atom is -0.462 e. The van der Waals surface area contributed by atoms with E-state index < -0.39 is 18.2 Å². The van der Waals surface area contributed by atoms with Crippen LogP contribution < -0.4 is 0 Å². The maximum absolute atomic E-state index is 12.2. The zero-order chi connectivity index (χ0) is 34.6. The lowest BCUT2D eigenvalue weighted by Gasteiger charge is -2.16. The van der Waals surface area contributed by atoms with Crippen molar-refractivity contribution in [3.63, 3.8) is 0 Å². The van der Waals surface area contributed by atoms with Crippen LogP contribution in [0.4, 0.5) is 0 Å². The standard InChI is InChI=1S/C41H72O6/c1-4-5-6-7-8-9-10-11-15-18-21-24-27-31-38(43)32-29-34-40(44)46-36-39(35-42)47-41(45)33-28-25-22-19-16-13-12-14-17-20-23-26-30-37(2)3/h8-9,11,15,21,24,27,31,37-39,42-43H,4-7,10,12-14,16-20,22-23,25-26,28-30,32-36H2,1-3H3/b9-8-,15-11-,24-21-,31-27+/t38-,39+/m1/s1. The monoisotopic (exact) mass is 661 g/mol. The molecule has 0 saturated heterocycles. The molecule has 0 aromatic heterocycles. The molecule has 0 spiro atoms. The number of ether oxygens (including phenoxy) is 2. The van der Waals surface area contributed by atoms with E-state index in [4.69, 9.17) is 9.47 Å². The van der Waals surface area contributed by atoms with Crippen LogP contribution in [0.15, 0.2) is 48.6 Å². The smallest absolute Gasteiger partial charge is 0.306 e. The van der Waals surface area contributed by atoms with Gasteiger partial charge in [0.15, 0.2) is 6.10 Å². The van der Waals surface area contributed by atoms with Gasteiger partial charge in [-0.05, 0) is 50.9 Å². The molecule has 47 heavy (non-hydrogen) atoms. The van der Waals surface area contributed by atoms with Gasteiger partial charge in [0.1, 0.15) is 6.61 Å². The second-order valence-electron chi connectivity index (χ2n) is 13.3. The molecule has 6 heteroatoms. The van der Waals surface area contributed by atoms with E-state index in [2.05, 4.69) is 45.1 Å². The van der Waals surface area contributed by atoms with Gasteiger partial charge in [0.25, 0.3) is 0 Å². The Morgan fingerprint density at radius 2 is 1.21 bits per heavy atom. The zero-order valence-corrected chi connectivity index (χ0v) is 30.6. The van der Waals surface area contributed by atoms with Crippen molar-refractivity contribution in [1.29, 1.82) is 0 Å². The van der Waals surface area contributed by atoms with Crippen LogP contribution in [-0.2, 0) is 19.1 Å². The van der Waals surface area contributed by atoms with Crippen LogP contribution in [0.1, 0.15) is 168 Å². The molecule has 2 N–H and O–H groups in total. The number of carbonyl (C=O) groups excluding carboxylic acids is 2. The second kappa shape index (κ2) is 35.1. The van der Waals surface area contributed by atoms with E-state index >= 15 is 0 Å². The first-order chi connectivity index (χ1) is 22.9. The number of rotatable bonds is 33. The van der Waals surface area contributed by atoms with Gasteiger partial charge < -0.3 is 19.7 Å². The number of hydrogen-bond acceptors (Lipinski definition) is 6. The molecule has 0 radical (unpaired) electrons. The minimum absolute atomic E-state index is 0.156. The van der Waals surface area contributed by atoms with Crippen LogP contribution in [-0.4, -0.2) is 47.6 Å². The summed E-state index contributed by atoms with van der Waals surface area (Å²) in [6.07, 6.45) is 39.2. The largest absolute Gasteiger partial charge is 0.462 e. The molecule has 0 aliphatic heterocycles. The summed E-state index contributed by atoms with van der Waals surface area (Å²) in [6, 6.07) is 0. The molecule has 0 saturated carbocycles. The van der Waals surface area contributed by atoms with E-state index in [1.165, 1.54) is 83.5 Å². The Bertz CT molecular complexity index is 828. The summed E-state index contributed by atoms with van der Waals surface area (Å²) in [7, 11) is 0. The highest BCUT2D eigenvalue weighted by atomic mass is 16.6. The third kappa shape index (κ3) is 35.0.